The molecule has 1 atom stereocenters. The number of rotatable bonds is 2. The number of ether oxygens (including phenoxy) is 1. The van der Waals surface area contributed by atoms with Crippen LogP contribution in [0.1, 0.15) is 23.7 Å². The average Bonchev–Trinajstić information content (AvgIpc) is 2.74. The Morgan fingerprint density at radius 2 is 2.05 bits per heavy atom. The number of benzene rings is 1. The second-order valence-electron chi connectivity index (χ2n) is 4.64. The maximum absolute atomic E-state index is 13.1. The van der Waals surface area contributed by atoms with Crippen molar-refractivity contribution in [3.05, 3.63) is 29.8 Å². The molecule has 0 bridgehead atoms. The van der Waals surface area contributed by atoms with Crippen LogP contribution in [0.2, 0.25) is 0 Å². The summed E-state index contributed by atoms with van der Waals surface area (Å²) in [5.41, 5.74) is -3.44. The Hall–Kier alpha value is -2.09. The summed E-state index contributed by atoms with van der Waals surface area (Å²) in [6.07, 6.45) is -5.80. The van der Waals surface area contributed by atoms with Gasteiger partial charge in [0.05, 0.1) is 12.7 Å². The molecule has 0 fully saturated rings. The first-order valence-corrected chi connectivity index (χ1v) is 6.01. The van der Waals surface area contributed by atoms with Crippen LogP contribution in [-0.4, -0.2) is 40.7 Å². The third-order valence-corrected chi connectivity index (χ3v) is 3.11. The zero-order chi connectivity index (χ0) is 15.8. The van der Waals surface area contributed by atoms with Crippen molar-refractivity contribution in [1.82, 2.24) is 5.01 Å². The molecule has 1 aromatic rings. The van der Waals surface area contributed by atoms with Crippen LogP contribution in [0.3, 0.4) is 0 Å². The van der Waals surface area contributed by atoms with E-state index in [2.05, 4.69) is 5.10 Å². The van der Waals surface area contributed by atoms with E-state index < -0.39 is 24.2 Å². The number of carbonyl (C=O) groups is 1. The van der Waals surface area contributed by atoms with E-state index in [1.54, 1.807) is 6.07 Å². The number of para-hydroxylation sites is 1. The highest BCUT2D eigenvalue weighted by Gasteiger charge is 2.62. The molecule has 8 heteroatoms. The molecule has 0 spiro atoms. The maximum atomic E-state index is 13.1. The molecule has 1 aromatic carbocycles. The summed E-state index contributed by atoms with van der Waals surface area (Å²) in [6.45, 7) is 1.31. The molecule has 0 radical (unpaired) electrons. The number of amides is 1. The molecular weight excluding hydrogens is 289 g/mol. The molecule has 114 valence electrons. The van der Waals surface area contributed by atoms with Crippen molar-refractivity contribution in [2.45, 2.75) is 25.2 Å². The Bertz CT molecular complexity index is 601. The van der Waals surface area contributed by atoms with Crippen LogP contribution in [0.25, 0.3) is 0 Å². The summed E-state index contributed by atoms with van der Waals surface area (Å²) in [6, 6.07) is 5.80. The largest absolute Gasteiger partial charge is 0.496 e. The minimum atomic E-state index is -5.02. The van der Waals surface area contributed by atoms with Crippen LogP contribution in [0.5, 0.6) is 5.75 Å². The highest BCUT2D eigenvalue weighted by molar-refractivity contribution is 5.99. The van der Waals surface area contributed by atoms with Gasteiger partial charge in [-0.2, -0.15) is 23.3 Å². The van der Waals surface area contributed by atoms with Crippen LogP contribution >= 0.6 is 0 Å². The minimum absolute atomic E-state index is 0.0121. The molecule has 1 aliphatic heterocycles. The lowest BCUT2D eigenvalue weighted by molar-refractivity contribution is -0.297. The Morgan fingerprint density at radius 3 is 2.62 bits per heavy atom. The Balaban J connectivity index is 2.46. The van der Waals surface area contributed by atoms with Crippen molar-refractivity contribution in [3.8, 4) is 5.75 Å². The normalized spacial score (nSPS) is 22.2. The van der Waals surface area contributed by atoms with E-state index in [4.69, 9.17) is 4.74 Å². The standard InChI is InChI=1S/C13H13F3N2O3/c1-8-7-12(20,13(14,15)16)18(17-8)11(19)9-5-3-4-6-10(9)21-2/h3-6,20H,7H2,1-2H3. The SMILES string of the molecule is COc1ccccc1C(=O)N1N=C(C)CC1(O)C(F)(F)F. The fraction of sp³-hybridized carbons (Fsp3) is 0.385. The summed E-state index contributed by atoms with van der Waals surface area (Å²) in [4.78, 5) is 12.3. The van der Waals surface area contributed by atoms with Gasteiger partial charge in [0.25, 0.3) is 11.6 Å². The molecule has 21 heavy (non-hydrogen) atoms. The smallest absolute Gasteiger partial charge is 0.438 e. The lowest BCUT2D eigenvalue weighted by Crippen LogP contribution is -2.56. The van der Waals surface area contributed by atoms with Crippen molar-refractivity contribution < 1.29 is 27.8 Å². The molecule has 0 aromatic heterocycles. The van der Waals surface area contributed by atoms with Crippen LogP contribution in [0.15, 0.2) is 29.4 Å². The average molecular weight is 302 g/mol. The van der Waals surface area contributed by atoms with E-state index in [0.717, 1.165) is 0 Å². The van der Waals surface area contributed by atoms with E-state index in [0.29, 0.717) is 0 Å². The Morgan fingerprint density at radius 1 is 1.43 bits per heavy atom. The minimum Gasteiger partial charge on any atom is -0.496 e. The van der Waals surface area contributed by atoms with Gasteiger partial charge in [-0.3, -0.25) is 4.79 Å². The number of alkyl halides is 3. The molecule has 5 nitrogen and oxygen atoms in total. The van der Waals surface area contributed by atoms with E-state index in [1.807, 2.05) is 0 Å². The highest BCUT2D eigenvalue weighted by atomic mass is 19.4. The summed E-state index contributed by atoms with van der Waals surface area (Å²) < 4.78 is 44.2. The third-order valence-electron chi connectivity index (χ3n) is 3.11. The van der Waals surface area contributed by atoms with Gasteiger partial charge in [0, 0.05) is 12.1 Å². The van der Waals surface area contributed by atoms with E-state index in [1.165, 1.54) is 32.2 Å². The summed E-state index contributed by atoms with van der Waals surface area (Å²) in [5.74, 6) is -0.976. The third kappa shape index (κ3) is 2.46. The van der Waals surface area contributed by atoms with E-state index in [-0.39, 0.29) is 22.0 Å². The topological polar surface area (TPSA) is 62.1 Å². The summed E-state index contributed by atoms with van der Waals surface area (Å²) >= 11 is 0. The van der Waals surface area contributed by atoms with Crippen molar-refractivity contribution in [3.63, 3.8) is 0 Å². The Kier molecular flexibility index (Phi) is 3.66. The number of hydrogen-bond donors (Lipinski definition) is 1. The van der Waals surface area contributed by atoms with E-state index >= 15 is 0 Å². The molecule has 0 aliphatic carbocycles. The van der Waals surface area contributed by atoms with Crippen LogP contribution in [0, 0.1) is 0 Å². The van der Waals surface area contributed by atoms with Gasteiger partial charge in [0.2, 0.25) is 0 Å². The number of aliphatic hydroxyl groups is 1. The van der Waals surface area contributed by atoms with Gasteiger partial charge in [-0.15, -0.1) is 0 Å². The number of hydrazone groups is 1. The molecular formula is C13H13F3N2O3. The van der Waals surface area contributed by atoms with Gasteiger partial charge in [0.15, 0.2) is 0 Å². The number of carbonyl (C=O) groups excluding carboxylic acids is 1. The molecule has 1 aliphatic rings. The van der Waals surface area contributed by atoms with Crippen molar-refractivity contribution in [2.75, 3.05) is 7.11 Å². The fourth-order valence-corrected chi connectivity index (χ4v) is 2.09. The zero-order valence-electron chi connectivity index (χ0n) is 11.3. The van der Waals surface area contributed by atoms with Crippen LogP contribution < -0.4 is 4.74 Å². The van der Waals surface area contributed by atoms with Crippen LogP contribution in [0.4, 0.5) is 13.2 Å². The molecule has 1 heterocycles. The predicted molar refractivity (Wildman–Crippen MR) is 67.9 cm³/mol. The molecule has 2 rings (SSSR count). The van der Waals surface area contributed by atoms with Gasteiger partial charge in [-0.25, -0.2) is 0 Å². The van der Waals surface area contributed by atoms with Crippen molar-refractivity contribution in [2.24, 2.45) is 5.10 Å². The van der Waals surface area contributed by atoms with Gasteiger partial charge in [-0.05, 0) is 19.1 Å². The molecule has 1 amide bonds. The molecule has 1 N–H and O–H groups in total. The first kappa shape index (κ1) is 15.3. The van der Waals surface area contributed by atoms with E-state index in [9.17, 15) is 23.1 Å². The number of halogens is 3. The van der Waals surface area contributed by atoms with Gasteiger partial charge in [-0.1, -0.05) is 12.1 Å². The van der Waals surface area contributed by atoms with Gasteiger partial charge in [0.1, 0.15) is 5.75 Å². The monoisotopic (exact) mass is 302 g/mol. The quantitative estimate of drug-likeness (QED) is 0.910. The van der Waals surface area contributed by atoms with Crippen molar-refractivity contribution >= 4 is 11.6 Å². The first-order valence-electron chi connectivity index (χ1n) is 6.01. The predicted octanol–water partition coefficient (Wildman–Crippen LogP) is 2.17. The lowest BCUT2D eigenvalue weighted by Gasteiger charge is -2.32. The number of methoxy groups -OCH3 is 1. The Labute approximate surface area is 118 Å². The maximum Gasteiger partial charge on any atom is 0.438 e. The number of hydrogen-bond acceptors (Lipinski definition) is 4. The lowest BCUT2D eigenvalue weighted by atomic mass is 10.1. The second kappa shape index (κ2) is 5.03. The van der Waals surface area contributed by atoms with Gasteiger partial charge >= 0.3 is 6.18 Å². The first-order chi connectivity index (χ1) is 9.70. The van der Waals surface area contributed by atoms with Crippen molar-refractivity contribution in [1.29, 1.82) is 0 Å². The zero-order valence-corrected chi connectivity index (χ0v) is 11.3. The summed E-state index contributed by atoms with van der Waals surface area (Å²) in [5, 5.41) is 13.5. The second-order valence-corrected chi connectivity index (χ2v) is 4.64. The molecule has 0 saturated heterocycles. The fourth-order valence-electron chi connectivity index (χ4n) is 2.09. The van der Waals surface area contributed by atoms with Gasteiger partial charge < -0.3 is 9.84 Å². The molecule has 0 saturated carbocycles. The highest BCUT2D eigenvalue weighted by Crippen LogP contribution is 2.41. The molecule has 1 unspecified atom stereocenters. The number of nitrogens with zero attached hydrogens (tertiary/aromatic N) is 2. The summed E-state index contributed by atoms with van der Waals surface area (Å²) in [7, 11) is 1.29. The van der Waals surface area contributed by atoms with Crippen LogP contribution in [-0.2, 0) is 0 Å².